The molecule has 3 fully saturated rings. The fourth-order valence-electron chi connectivity index (χ4n) is 4.76. The van der Waals surface area contributed by atoms with Gasteiger partial charge in [-0.3, -0.25) is 4.79 Å². The molecule has 0 aromatic rings. The van der Waals surface area contributed by atoms with Crippen LogP contribution in [0.2, 0.25) is 0 Å². The molecule has 0 aromatic carbocycles. The third-order valence-corrected chi connectivity index (χ3v) is 9.20. The van der Waals surface area contributed by atoms with E-state index in [9.17, 15) is 31.5 Å². The first-order chi connectivity index (χ1) is 14.1. The van der Waals surface area contributed by atoms with Crippen molar-refractivity contribution < 1.29 is 31.5 Å². The number of sulfonamides is 1. The van der Waals surface area contributed by atoms with E-state index in [0.29, 0.717) is 25.7 Å². The fraction of sp³-hybridized carbons (Fsp3) is 0.947. The van der Waals surface area contributed by atoms with Crippen molar-refractivity contribution in [3.63, 3.8) is 0 Å². The fourth-order valence-corrected chi connectivity index (χ4v) is 7.28. The summed E-state index contributed by atoms with van der Waals surface area (Å²) in [6, 6.07) is -1.39. The molecule has 0 aliphatic heterocycles. The molecule has 3 saturated carbocycles. The van der Waals surface area contributed by atoms with Crippen molar-refractivity contribution in [3.8, 4) is 0 Å². The zero-order chi connectivity index (χ0) is 22.1. The maximum absolute atomic E-state index is 13.6. The first kappa shape index (κ1) is 24.1. The minimum absolute atomic E-state index is 0.0191. The standard InChI is InChI=1S/C19H30ClF3N2O4S/c20-12-6-5-10(19(27)24-11-8-13(21)18(23)14(22)9-11)7-17(12)30(28,29)25-15-3-1-2-4-16(15)26/h10-18,25-26H,1-9H2,(H,24,27). The lowest BCUT2D eigenvalue weighted by molar-refractivity contribution is -0.127. The van der Waals surface area contributed by atoms with E-state index >= 15 is 0 Å². The molecular formula is C19H30ClF3N2O4S. The van der Waals surface area contributed by atoms with E-state index < -0.39 is 69.2 Å². The highest BCUT2D eigenvalue weighted by molar-refractivity contribution is 7.90. The molecule has 7 unspecified atom stereocenters. The highest BCUT2D eigenvalue weighted by Gasteiger charge is 2.44. The van der Waals surface area contributed by atoms with Crippen LogP contribution in [0.1, 0.15) is 57.8 Å². The summed E-state index contributed by atoms with van der Waals surface area (Å²) in [5.41, 5.74) is 0. The molecule has 0 radical (unpaired) electrons. The number of nitrogens with one attached hydrogen (secondary N) is 2. The van der Waals surface area contributed by atoms with Crippen molar-refractivity contribution >= 4 is 27.5 Å². The quantitative estimate of drug-likeness (QED) is 0.533. The number of halogens is 4. The lowest BCUT2D eigenvalue weighted by Gasteiger charge is -2.36. The summed E-state index contributed by atoms with van der Waals surface area (Å²) in [6.07, 6.45) is -4.13. The van der Waals surface area contributed by atoms with Crippen molar-refractivity contribution in [3.05, 3.63) is 0 Å². The molecule has 0 bridgehead atoms. The topological polar surface area (TPSA) is 95.5 Å². The smallest absolute Gasteiger partial charge is 0.223 e. The molecule has 30 heavy (non-hydrogen) atoms. The van der Waals surface area contributed by atoms with Crippen LogP contribution in [0, 0.1) is 5.92 Å². The van der Waals surface area contributed by atoms with E-state index in [1.54, 1.807) is 0 Å². The Morgan fingerprint density at radius 3 is 2.23 bits per heavy atom. The van der Waals surface area contributed by atoms with Gasteiger partial charge in [-0.15, -0.1) is 11.6 Å². The van der Waals surface area contributed by atoms with E-state index in [1.807, 2.05) is 0 Å². The summed E-state index contributed by atoms with van der Waals surface area (Å²) in [5.74, 6) is -1.16. The average molecular weight is 475 g/mol. The Labute approximate surface area is 180 Å². The predicted octanol–water partition coefficient (Wildman–Crippen LogP) is 2.28. The van der Waals surface area contributed by atoms with Crippen LogP contribution in [0.4, 0.5) is 13.2 Å². The van der Waals surface area contributed by atoms with Gasteiger partial charge in [0.2, 0.25) is 15.9 Å². The second-order valence-electron chi connectivity index (χ2n) is 8.84. The zero-order valence-corrected chi connectivity index (χ0v) is 18.2. The number of hydrogen-bond acceptors (Lipinski definition) is 4. The first-order valence-corrected chi connectivity index (χ1v) is 12.6. The second-order valence-corrected chi connectivity index (χ2v) is 11.3. The van der Waals surface area contributed by atoms with Crippen LogP contribution in [0.3, 0.4) is 0 Å². The summed E-state index contributed by atoms with van der Waals surface area (Å²) < 4.78 is 68.9. The molecule has 6 nitrogen and oxygen atoms in total. The molecule has 174 valence electrons. The molecule has 3 rings (SSSR count). The Balaban J connectivity index is 1.60. The Morgan fingerprint density at radius 2 is 1.60 bits per heavy atom. The highest BCUT2D eigenvalue weighted by atomic mass is 35.5. The average Bonchev–Trinajstić information content (AvgIpc) is 2.68. The lowest BCUT2D eigenvalue weighted by atomic mass is 9.86. The lowest BCUT2D eigenvalue weighted by Crippen LogP contribution is -2.53. The summed E-state index contributed by atoms with van der Waals surface area (Å²) in [5, 5.41) is 10.9. The third-order valence-electron chi connectivity index (χ3n) is 6.58. The summed E-state index contributed by atoms with van der Waals surface area (Å²) >= 11 is 6.28. The van der Waals surface area contributed by atoms with Crippen molar-refractivity contribution in [1.29, 1.82) is 0 Å². The van der Waals surface area contributed by atoms with E-state index in [1.165, 1.54) is 0 Å². The van der Waals surface area contributed by atoms with Gasteiger partial charge >= 0.3 is 0 Å². The van der Waals surface area contributed by atoms with Gasteiger partial charge in [0.1, 0.15) is 12.3 Å². The van der Waals surface area contributed by atoms with Crippen molar-refractivity contribution in [1.82, 2.24) is 10.0 Å². The van der Waals surface area contributed by atoms with E-state index in [0.717, 1.165) is 12.8 Å². The van der Waals surface area contributed by atoms with Crippen LogP contribution in [-0.4, -0.2) is 66.8 Å². The molecular weight excluding hydrogens is 445 g/mol. The van der Waals surface area contributed by atoms with E-state index in [-0.39, 0.29) is 19.3 Å². The van der Waals surface area contributed by atoms with Crippen molar-refractivity contribution in [2.75, 3.05) is 0 Å². The SMILES string of the molecule is O=C(NC1CC(F)C(F)C(F)C1)C1CCC(Cl)C(S(=O)(=O)NC2CCCCC2O)C1. The van der Waals surface area contributed by atoms with Crippen LogP contribution in [0.5, 0.6) is 0 Å². The zero-order valence-electron chi connectivity index (χ0n) is 16.7. The molecule has 0 aromatic heterocycles. The van der Waals surface area contributed by atoms with Gasteiger partial charge in [-0.1, -0.05) is 12.8 Å². The number of carbonyl (C=O) groups excluding carboxylic acids is 1. The van der Waals surface area contributed by atoms with Gasteiger partial charge in [-0.25, -0.2) is 26.3 Å². The van der Waals surface area contributed by atoms with Crippen LogP contribution < -0.4 is 10.0 Å². The number of alkyl halides is 4. The molecule has 3 aliphatic carbocycles. The van der Waals surface area contributed by atoms with Gasteiger partial charge in [0.05, 0.1) is 16.7 Å². The minimum Gasteiger partial charge on any atom is -0.391 e. The Bertz CT molecular complexity index is 704. The predicted molar refractivity (Wildman–Crippen MR) is 107 cm³/mol. The molecule has 0 spiro atoms. The maximum Gasteiger partial charge on any atom is 0.223 e. The monoisotopic (exact) mass is 474 g/mol. The van der Waals surface area contributed by atoms with Crippen LogP contribution >= 0.6 is 11.6 Å². The van der Waals surface area contributed by atoms with Gasteiger partial charge < -0.3 is 10.4 Å². The third kappa shape index (κ3) is 5.61. The minimum atomic E-state index is -3.88. The molecule has 0 heterocycles. The Kier molecular flexibility index (Phi) is 7.96. The van der Waals surface area contributed by atoms with Crippen molar-refractivity contribution in [2.45, 2.75) is 105 Å². The normalized spacial score (nSPS) is 43.2. The van der Waals surface area contributed by atoms with E-state index in [4.69, 9.17) is 11.6 Å². The molecule has 0 saturated heterocycles. The number of amides is 1. The molecule has 1 amide bonds. The van der Waals surface area contributed by atoms with Crippen molar-refractivity contribution in [2.24, 2.45) is 5.92 Å². The Morgan fingerprint density at radius 1 is 0.967 bits per heavy atom. The van der Waals surface area contributed by atoms with Gasteiger partial charge in [0, 0.05) is 30.8 Å². The largest absolute Gasteiger partial charge is 0.391 e. The number of carbonyl (C=O) groups is 1. The van der Waals surface area contributed by atoms with Crippen LogP contribution in [0.15, 0.2) is 0 Å². The summed E-state index contributed by atoms with van der Waals surface area (Å²) in [7, 11) is -3.88. The summed E-state index contributed by atoms with van der Waals surface area (Å²) in [6.45, 7) is 0. The number of aliphatic hydroxyl groups excluding tert-OH is 1. The second kappa shape index (κ2) is 9.92. The number of rotatable bonds is 5. The van der Waals surface area contributed by atoms with Crippen LogP contribution in [0.25, 0.3) is 0 Å². The molecule has 11 heteroatoms. The number of aliphatic hydroxyl groups is 1. The molecule has 3 aliphatic rings. The summed E-state index contributed by atoms with van der Waals surface area (Å²) in [4.78, 5) is 12.6. The molecule has 7 atom stereocenters. The molecule has 3 N–H and O–H groups in total. The van der Waals surface area contributed by atoms with Gasteiger partial charge in [0.25, 0.3) is 0 Å². The highest BCUT2D eigenvalue weighted by Crippen LogP contribution is 2.34. The number of hydrogen-bond donors (Lipinski definition) is 3. The van der Waals surface area contributed by atoms with Crippen LogP contribution in [-0.2, 0) is 14.8 Å². The van der Waals surface area contributed by atoms with Gasteiger partial charge in [0.15, 0.2) is 6.17 Å². The van der Waals surface area contributed by atoms with E-state index in [2.05, 4.69) is 10.0 Å². The first-order valence-electron chi connectivity index (χ1n) is 10.6. The Hall–Kier alpha value is -0.580. The van der Waals surface area contributed by atoms with Gasteiger partial charge in [-0.05, 0) is 32.1 Å². The van der Waals surface area contributed by atoms with Gasteiger partial charge in [-0.2, -0.15) is 0 Å². The maximum atomic E-state index is 13.6.